The van der Waals surface area contributed by atoms with E-state index in [2.05, 4.69) is 29.1 Å². The van der Waals surface area contributed by atoms with Crippen LogP contribution >= 0.6 is 0 Å². The van der Waals surface area contributed by atoms with E-state index in [0.29, 0.717) is 6.61 Å². The summed E-state index contributed by atoms with van der Waals surface area (Å²) in [5, 5.41) is 15.1. The number of aliphatic hydroxyl groups excluding tert-OH is 1. The lowest BCUT2D eigenvalue weighted by molar-refractivity contribution is 0.115. The van der Waals surface area contributed by atoms with Gasteiger partial charge in [0.1, 0.15) is 5.75 Å². The van der Waals surface area contributed by atoms with Gasteiger partial charge in [-0.1, -0.05) is 5.16 Å². The van der Waals surface area contributed by atoms with Crippen LogP contribution in [-0.4, -0.2) is 48.0 Å². The minimum Gasteiger partial charge on any atom is -0.493 e. The lowest BCUT2D eigenvalue weighted by Gasteiger charge is -2.34. The SMILES string of the molecule is Cc1c(OCC2CC2)ccc2c(CCC3CCN(CC4(CO)CC4)CC3)noc12. The first-order valence-electron chi connectivity index (χ1n) is 11.5. The molecule has 0 spiro atoms. The fraction of sp³-hybridized carbons (Fsp3) is 0.708. The summed E-state index contributed by atoms with van der Waals surface area (Å²) in [6, 6.07) is 4.22. The van der Waals surface area contributed by atoms with Gasteiger partial charge in [0.25, 0.3) is 0 Å². The summed E-state index contributed by atoms with van der Waals surface area (Å²) in [4.78, 5) is 2.57. The molecule has 2 aliphatic carbocycles. The number of benzene rings is 1. The van der Waals surface area contributed by atoms with Crippen LogP contribution in [0.2, 0.25) is 0 Å². The third kappa shape index (κ3) is 4.31. The maximum absolute atomic E-state index is 9.56. The molecule has 5 nitrogen and oxygen atoms in total. The first-order valence-corrected chi connectivity index (χ1v) is 11.5. The van der Waals surface area contributed by atoms with Gasteiger partial charge < -0.3 is 19.3 Å². The molecule has 2 aromatic rings. The van der Waals surface area contributed by atoms with Crippen molar-refractivity contribution in [3.05, 3.63) is 23.4 Å². The standard InChI is InChI=1S/C24H34N2O3/c1-17-22(28-14-19-2-3-19)7-5-20-21(25-29-23(17)20)6-4-18-8-12-26(13-9-18)15-24(16-27)10-11-24/h5,7,18-19,27H,2-4,6,8-16H2,1H3. The predicted octanol–water partition coefficient (Wildman–Crippen LogP) is 4.34. The highest BCUT2D eigenvalue weighted by molar-refractivity contribution is 5.84. The summed E-state index contributed by atoms with van der Waals surface area (Å²) < 4.78 is 11.7. The average molecular weight is 399 g/mol. The van der Waals surface area contributed by atoms with Crippen molar-refractivity contribution in [2.24, 2.45) is 17.3 Å². The topological polar surface area (TPSA) is 58.7 Å². The van der Waals surface area contributed by atoms with Gasteiger partial charge in [0.15, 0.2) is 5.58 Å². The Bertz CT molecular complexity index is 845. The molecular weight excluding hydrogens is 364 g/mol. The first-order chi connectivity index (χ1) is 14.2. The van der Waals surface area contributed by atoms with Crippen molar-refractivity contribution >= 4 is 11.0 Å². The highest BCUT2D eigenvalue weighted by Crippen LogP contribution is 2.46. The van der Waals surface area contributed by atoms with Crippen LogP contribution in [0.25, 0.3) is 11.0 Å². The number of aromatic nitrogens is 1. The van der Waals surface area contributed by atoms with Crippen molar-refractivity contribution in [3.63, 3.8) is 0 Å². The molecule has 3 aliphatic rings. The number of rotatable bonds is 9. The van der Waals surface area contributed by atoms with E-state index >= 15 is 0 Å². The molecule has 1 N–H and O–H groups in total. The number of aryl methyl sites for hydroxylation is 2. The van der Waals surface area contributed by atoms with Gasteiger partial charge in [0, 0.05) is 29.5 Å². The van der Waals surface area contributed by atoms with E-state index in [1.165, 1.54) is 58.0 Å². The van der Waals surface area contributed by atoms with Crippen molar-refractivity contribution in [1.29, 1.82) is 0 Å². The molecule has 2 heterocycles. The van der Waals surface area contributed by atoms with E-state index in [1.54, 1.807) is 0 Å². The predicted molar refractivity (Wildman–Crippen MR) is 113 cm³/mol. The number of nitrogens with zero attached hydrogens (tertiary/aromatic N) is 2. The van der Waals surface area contributed by atoms with E-state index in [4.69, 9.17) is 9.26 Å². The molecule has 5 rings (SSSR count). The van der Waals surface area contributed by atoms with Gasteiger partial charge in [-0.15, -0.1) is 0 Å². The van der Waals surface area contributed by atoms with Crippen molar-refractivity contribution in [2.45, 2.75) is 58.3 Å². The lowest BCUT2D eigenvalue weighted by Crippen LogP contribution is -2.38. The zero-order chi connectivity index (χ0) is 19.8. The molecular formula is C24H34N2O3. The molecule has 0 bridgehead atoms. The van der Waals surface area contributed by atoms with Gasteiger partial charge in [-0.2, -0.15) is 0 Å². The van der Waals surface area contributed by atoms with Crippen LogP contribution in [0.3, 0.4) is 0 Å². The zero-order valence-electron chi connectivity index (χ0n) is 17.7. The Morgan fingerprint density at radius 2 is 1.97 bits per heavy atom. The highest BCUT2D eigenvalue weighted by Gasteiger charge is 2.43. The number of fused-ring (bicyclic) bond motifs is 1. The Morgan fingerprint density at radius 1 is 1.17 bits per heavy atom. The minimum absolute atomic E-state index is 0.242. The minimum atomic E-state index is 0.242. The largest absolute Gasteiger partial charge is 0.493 e. The monoisotopic (exact) mass is 398 g/mol. The molecule has 3 fully saturated rings. The fourth-order valence-electron chi connectivity index (χ4n) is 4.79. The summed E-state index contributed by atoms with van der Waals surface area (Å²) in [7, 11) is 0. The molecule has 0 amide bonds. The lowest BCUT2D eigenvalue weighted by atomic mass is 9.90. The van der Waals surface area contributed by atoms with E-state index in [-0.39, 0.29) is 5.41 Å². The summed E-state index contributed by atoms with van der Waals surface area (Å²) >= 11 is 0. The van der Waals surface area contributed by atoms with E-state index < -0.39 is 0 Å². The van der Waals surface area contributed by atoms with Crippen LogP contribution in [0.4, 0.5) is 0 Å². The molecule has 0 atom stereocenters. The van der Waals surface area contributed by atoms with E-state index in [0.717, 1.165) is 59.4 Å². The molecule has 0 unspecified atom stereocenters. The second-order valence-corrected chi connectivity index (χ2v) is 9.87. The number of hydrogen-bond acceptors (Lipinski definition) is 5. The van der Waals surface area contributed by atoms with Crippen LogP contribution in [-0.2, 0) is 6.42 Å². The molecule has 5 heteroatoms. The third-order valence-corrected chi connectivity index (χ3v) is 7.43. The normalized spacial score (nSPS) is 22.3. The number of hydrogen-bond donors (Lipinski definition) is 1. The Balaban J connectivity index is 1.14. The van der Waals surface area contributed by atoms with Crippen molar-refractivity contribution in [3.8, 4) is 5.75 Å². The van der Waals surface area contributed by atoms with Crippen molar-refractivity contribution < 1.29 is 14.4 Å². The van der Waals surface area contributed by atoms with Crippen LogP contribution in [0.5, 0.6) is 5.75 Å². The van der Waals surface area contributed by atoms with Gasteiger partial charge >= 0.3 is 0 Å². The van der Waals surface area contributed by atoms with Gasteiger partial charge in [-0.3, -0.25) is 0 Å². The summed E-state index contributed by atoms with van der Waals surface area (Å²) in [6.07, 6.45) is 9.69. The highest BCUT2D eigenvalue weighted by atomic mass is 16.5. The summed E-state index contributed by atoms with van der Waals surface area (Å²) in [6.45, 7) is 6.70. The maximum Gasteiger partial charge on any atom is 0.173 e. The van der Waals surface area contributed by atoms with Gasteiger partial charge in [0.2, 0.25) is 0 Å². The molecule has 1 aromatic carbocycles. The fourth-order valence-corrected chi connectivity index (χ4v) is 4.79. The third-order valence-electron chi connectivity index (χ3n) is 7.43. The molecule has 0 radical (unpaired) electrons. The summed E-state index contributed by atoms with van der Waals surface area (Å²) in [5.74, 6) is 2.46. The van der Waals surface area contributed by atoms with E-state index in [1.807, 2.05) is 0 Å². The Labute approximate surface area is 173 Å². The van der Waals surface area contributed by atoms with Crippen LogP contribution < -0.4 is 4.74 Å². The van der Waals surface area contributed by atoms with Gasteiger partial charge in [-0.25, -0.2) is 0 Å². The van der Waals surface area contributed by atoms with Gasteiger partial charge in [0.05, 0.1) is 12.3 Å². The van der Waals surface area contributed by atoms with Crippen LogP contribution in [0, 0.1) is 24.2 Å². The smallest absolute Gasteiger partial charge is 0.173 e. The zero-order valence-corrected chi connectivity index (χ0v) is 17.7. The van der Waals surface area contributed by atoms with Crippen molar-refractivity contribution in [2.75, 3.05) is 32.8 Å². The molecule has 1 aromatic heterocycles. The number of piperidine rings is 1. The number of likely N-dealkylation sites (tertiary alicyclic amines) is 1. The Hall–Kier alpha value is -1.59. The Kier molecular flexibility index (Phi) is 5.29. The molecule has 1 aliphatic heterocycles. The van der Waals surface area contributed by atoms with Crippen LogP contribution in [0.1, 0.15) is 56.2 Å². The average Bonchev–Trinajstić information content (AvgIpc) is 3.67. The second-order valence-electron chi connectivity index (χ2n) is 9.87. The second kappa shape index (κ2) is 7.92. The van der Waals surface area contributed by atoms with Gasteiger partial charge in [-0.05, 0) is 95.3 Å². The quantitative estimate of drug-likeness (QED) is 0.681. The van der Waals surface area contributed by atoms with Crippen LogP contribution in [0.15, 0.2) is 16.7 Å². The van der Waals surface area contributed by atoms with Crippen molar-refractivity contribution in [1.82, 2.24) is 10.1 Å². The maximum atomic E-state index is 9.56. The molecule has 158 valence electrons. The molecule has 29 heavy (non-hydrogen) atoms. The number of ether oxygens (including phenoxy) is 1. The summed E-state index contributed by atoms with van der Waals surface area (Å²) in [5.41, 5.74) is 3.30. The first kappa shape index (κ1) is 19.4. The molecule has 1 saturated heterocycles. The number of aliphatic hydroxyl groups is 1. The Morgan fingerprint density at radius 3 is 2.66 bits per heavy atom. The molecule has 2 saturated carbocycles. The van der Waals surface area contributed by atoms with E-state index in [9.17, 15) is 5.11 Å².